The minimum absolute atomic E-state index is 0.285. The topological polar surface area (TPSA) is 94.4 Å². The van der Waals surface area contributed by atoms with Crippen molar-refractivity contribution in [2.45, 2.75) is 32.4 Å². The van der Waals surface area contributed by atoms with E-state index >= 15 is 0 Å². The number of ether oxygens (including phenoxy) is 1. The third kappa shape index (κ3) is 3.45. The number of aliphatic hydroxyl groups is 1. The predicted octanol–water partition coefficient (Wildman–Crippen LogP) is 2.43. The number of benzene rings is 1. The summed E-state index contributed by atoms with van der Waals surface area (Å²) in [4.78, 5) is 18.2. The highest BCUT2D eigenvalue weighted by molar-refractivity contribution is 5.80. The lowest BCUT2D eigenvalue weighted by Crippen LogP contribution is -2.43. The van der Waals surface area contributed by atoms with Gasteiger partial charge >= 0.3 is 0 Å². The fourth-order valence-corrected chi connectivity index (χ4v) is 4.29. The molecule has 1 aromatic carbocycles. The fourth-order valence-electron chi connectivity index (χ4n) is 4.29. The number of nitrogens with zero attached hydrogens (tertiary/aromatic N) is 2. The average molecular weight is 397 g/mol. The van der Waals surface area contributed by atoms with Crippen LogP contribution in [-0.2, 0) is 4.79 Å². The van der Waals surface area contributed by atoms with Crippen molar-refractivity contribution < 1.29 is 19.8 Å². The van der Waals surface area contributed by atoms with Crippen LogP contribution in [0.25, 0.3) is 0 Å². The highest BCUT2D eigenvalue weighted by Crippen LogP contribution is 2.61. The lowest BCUT2D eigenvalue weighted by atomic mass is 9.88. The van der Waals surface area contributed by atoms with Gasteiger partial charge in [0.15, 0.2) is 6.23 Å². The van der Waals surface area contributed by atoms with Gasteiger partial charge in [-0.1, -0.05) is 38.1 Å². The zero-order valence-corrected chi connectivity index (χ0v) is 16.9. The number of amides is 1. The number of aliphatic hydroxyl groups excluding tert-OH is 1. The quantitative estimate of drug-likeness (QED) is 0.506. The summed E-state index contributed by atoms with van der Waals surface area (Å²) in [5, 5.41) is 19.8. The van der Waals surface area contributed by atoms with Crippen molar-refractivity contribution in [2.24, 2.45) is 22.2 Å². The molecule has 1 amide bonds. The second kappa shape index (κ2) is 7.31. The number of carbonyl (C=O) groups is 1. The number of methoxy groups -OCH3 is 1. The van der Waals surface area contributed by atoms with E-state index in [1.807, 2.05) is 18.2 Å². The summed E-state index contributed by atoms with van der Waals surface area (Å²) >= 11 is 0. The zero-order valence-electron chi connectivity index (χ0n) is 16.9. The maximum Gasteiger partial charge on any atom is 0.249 e. The van der Waals surface area contributed by atoms with Crippen molar-refractivity contribution in [2.75, 3.05) is 13.7 Å². The number of hydrogen-bond donors (Lipinski definition) is 3. The molecule has 154 valence electrons. The molecule has 4 unspecified atom stereocenters. The molecule has 3 N–H and O–H groups in total. The van der Waals surface area contributed by atoms with Crippen LogP contribution in [0.4, 0.5) is 0 Å². The molecule has 7 nitrogen and oxygen atoms in total. The SMILES string of the molecule is COc1ccc(C2C3C=CC4=C(N=CN(CCC(C)(C)C(=O)NO)C4O)C32)cc1. The van der Waals surface area contributed by atoms with E-state index in [-0.39, 0.29) is 5.92 Å². The van der Waals surface area contributed by atoms with Crippen LogP contribution in [0.2, 0.25) is 0 Å². The van der Waals surface area contributed by atoms with Gasteiger partial charge in [0.25, 0.3) is 0 Å². The van der Waals surface area contributed by atoms with E-state index in [0.29, 0.717) is 24.8 Å². The third-order valence-corrected chi connectivity index (χ3v) is 6.33. The van der Waals surface area contributed by atoms with Gasteiger partial charge in [-0.05, 0) is 36.0 Å². The van der Waals surface area contributed by atoms with Crippen molar-refractivity contribution in [3.8, 4) is 5.75 Å². The monoisotopic (exact) mass is 397 g/mol. The average Bonchev–Trinajstić information content (AvgIpc) is 3.47. The molecule has 0 aromatic heterocycles. The predicted molar refractivity (Wildman–Crippen MR) is 108 cm³/mol. The Kier molecular flexibility index (Phi) is 4.96. The van der Waals surface area contributed by atoms with Crippen LogP contribution in [0, 0.1) is 17.3 Å². The highest BCUT2D eigenvalue weighted by atomic mass is 16.5. The summed E-state index contributed by atoms with van der Waals surface area (Å²) < 4.78 is 5.24. The molecule has 4 rings (SSSR count). The number of nitrogens with one attached hydrogen (secondary N) is 1. The molecule has 3 aliphatic rings. The molecule has 1 saturated carbocycles. The van der Waals surface area contributed by atoms with Gasteiger partial charge in [-0.3, -0.25) is 10.0 Å². The lowest BCUT2D eigenvalue weighted by molar-refractivity contribution is -0.138. The Hall–Kier alpha value is -2.64. The molecule has 0 saturated heterocycles. The van der Waals surface area contributed by atoms with Gasteiger partial charge in [-0.25, -0.2) is 10.5 Å². The van der Waals surface area contributed by atoms with Gasteiger partial charge in [0.1, 0.15) is 5.75 Å². The Morgan fingerprint density at radius 2 is 2.00 bits per heavy atom. The van der Waals surface area contributed by atoms with Crippen LogP contribution < -0.4 is 10.2 Å². The van der Waals surface area contributed by atoms with Crippen LogP contribution >= 0.6 is 0 Å². The van der Waals surface area contributed by atoms with E-state index in [2.05, 4.69) is 23.2 Å². The smallest absolute Gasteiger partial charge is 0.249 e. The van der Waals surface area contributed by atoms with Crippen molar-refractivity contribution in [1.82, 2.24) is 10.4 Å². The first-order chi connectivity index (χ1) is 13.9. The number of fused-ring (bicyclic) bond motifs is 2. The van der Waals surface area contributed by atoms with E-state index in [9.17, 15) is 9.90 Å². The van der Waals surface area contributed by atoms with Crippen LogP contribution in [0.1, 0.15) is 31.7 Å². The van der Waals surface area contributed by atoms with Crippen molar-refractivity contribution in [3.63, 3.8) is 0 Å². The maximum absolute atomic E-state index is 11.8. The van der Waals surface area contributed by atoms with Crippen molar-refractivity contribution >= 4 is 12.2 Å². The van der Waals surface area contributed by atoms with Crippen LogP contribution in [0.3, 0.4) is 0 Å². The van der Waals surface area contributed by atoms with Gasteiger partial charge in [0.05, 0.1) is 19.1 Å². The molecule has 1 aromatic rings. The van der Waals surface area contributed by atoms with Gasteiger partial charge < -0.3 is 14.7 Å². The summed E-state index contributed by atoms with van der Waals surface area (Å²) in [5.41, 5.74) is 3.99. The largest absolute Gasteiger partial charge is 0.497 e. The van der Waals surface area contributed by atoms with Crippen LogP contribution in [0.15, 0.2) is 52.7 Å². The standard InChI is InChI=1S/C22H27N3O4/c1-22(2,21(27)24-28)10-11-25-12-23-19-16(20(25)26)9-8-15-17(18(15)19)13-4-6-14(29-3)7-5-13/h4-9,12,15,17-18,20,26,28H,10-11H2,1-3H3,(H,24,27). The van der Waals surface area contributed by atoms with E-state index in [1.165, 1.54) is 5.56 Å². The summed E-state index contributed by atoms with van der Waals surface area (Å²) in [6, 6.07) is 8.15. The number of rotatable bonds is 6. The normalized spacial score (nSPS) is 27.4. The Bertz CT molecular complexity index is 888. The molecule has 4 atom stereocenters. The summed E-state index contributed by atoms with van der Waals surface area (Å²) in [6.07, 6.45) is 5.51. The van der Waals surface area contributed by atoms with E-state index in [4.69, 9.17) is 9.94 Å². The number of allylic oxidation sites excluding steroid dienone is 2. The maximum atomic E-state index is 11.8. The molecule has 0 radical (unpaired) electrons. The third-order valence-electron chi connectivity index (χ3n) is 6.33. The van der Waals surface area contributed by atoms with Crippen LogP contribution in [0.5, 0.6) is 5.75 Å². The molecule has 2 aliphatic carbocycles. The molecule has 1 fully saturated rings. The summed E-state index contributed by atoms with van der Waals surface area (Å²) in [5.74, 6) is 1.46. The Morgan fingerprint density at radius 1 is 1.28 bits per heavy atom. The van der Waals surface area contributed by atoms with Crippen molar-refractivity contribution in [3.05, 3.63) is 53.3 Å². The molecule has 7 heteroatoms. The molecule has 29 heavy (non-hydrogen) atoms. The first kappa shape index (κ1) is 19.7. The second-order valence-corrected chi connectivity index (χ2v) is 8.53. The lowest BCUT2D eigenvalue weighted by Gasteiger charge is -2.34. The second-order valence-electron chi connectivity index (χ2n) is 8.53. The van der Waals surface area contributed by atoms with Gasteiger partial charge in [-0.2, -0.15) is 0 Å². The number of hydrogen-bond acceptors (Lipinski definition) is 6. The Balaban J connectivity index is 1.46. The van der Waals surface area contributed by atoms with E-state index in [1.54, 1.807) is 37.7 Å². The number of carbonyl (C=O) groups excluding carboxylic acids is 1. The minimum atomic E-state index is -0.787. The Morgan fingerprint density at radius 3 is 2.66 bits per heavy atom. The van der Waals surface area contributed by atoms with Crippen molar-refractivity contribution in [1.29, 1.82) is 0 Å². The summed E-state index contributed by atoms with van der Waals surface area (Å²) in [7, 11) is 1.66. The minimum Gasteiger partial charge on any atom is -0.497 e. The van der Waals surface area contributed by atoms with Crippen LogP contribution in [-0.4, -0.2) is 47.3 Å². The van der Waals surface area contributed by atoms with E-state index < -0.39 is 17.6 Å². The first-order valence-corrected chi connectivity index (χ1v) is 9.86. The van der Waals surface area contributed by atoms with E-state index in [0.717, 1.165) is 17.0 Å². The molecule has 1 heterocycles. The number of hydroxylamine groups is 1. The van der Waals surface area contributed by atoms with Gasteiger partial charge in [-0.15, -0.1) is 0 Å². The molecular formula is C22H27N3O4. The molecule has 0 bridgehead atoms. The summed E-state index contributed by atoms with van der Waals surface area (Å²) in [6.45, 7) is 3.96. The molecular weight excluding hydrogens is 370 g/mol. The number of aliphatic imine (C=N–C) groups is 1. The van der Waals surface area contributed by atoms with Gasteiger partial charge in [0, 0.05) is 23.5 Å². The Labute approximate surface area is 170 Å². The first-order valence-electron chi connectivity index (χ1n) is 9.86. The highest BCUT2D eigenvalue weighted by Gasteiger charge is 2.54. The molecule has 0 spiro atoms. The molecule has 1 aliphatic heterocycles. The zero-order chi connectivity index (χ0) is 20.8. The van der Waals surface area contributed by atoms with Gasteiger partial charge in [0.2, 0.25) is 5.91 Å². The fraction of sp³-hybridized carbons (Fsp3) is 0.455.